The Labute approximate surface area is 534 Å². The van der Waals surface area contributed by atoms with E-state index in [0.29, 0.717) is 17.4 Å². The third-order valence-corrected chi connectivity index (χ3v) is 14.3. The Kier molecular flexibility index (Phi) is 62.9. The largest absolute Gasteiger partial charge is 0.545 e. The number of carboxylic acids is 1. The summed E-state index contributed by atoms with van der Waals surface area (Å²) in [5, 5.41) is 11.8. The summed E-state index contributed by atoms with van der Waals surface area (Å²) in [6, 6.07) is 0. The summed E-state index contributed by atoms with van der Waals surface area (Å²) >= 11 is 0. The molecule has 0 N–H and O–H groups in total. The molecule has 0 saturated heterocycles. The van der Waals surface area contributed by atoms with Crippen LogP contribution in [0.5, 0.6) is 0 Å². The number of allylic oxidation sites excluding steroid dienone is 26. The Morgan fingerprint density at radius 1 is 0.345 bits per heavy atom. The van der Waals surface area contributed by atoms with Crippen LogP contribution in [0.3, 0.4) is 0 Å². The number of carbonyl (C=O) groups is 3. The lowest BCUT2D eigenvalue weighted by atomic mass is 10.0. The topological polar surface area (TPSA) is 111 Å². The highest BCUT2D eigenvalue weighted by molar-refractivity contribution is 5.70. The number of aliphatic carboxylic acids is 1. The first kappa shape index (κ1) is 81.9. The highest BCUT2D eigenvalue weighted by atomic mass is 16.7. The molecule has 2 atom stereocenters. The second-order valence-corrected chi connectivity index (χ2v) is 23.7. The number of carbonyl (C=O) groups excluding carboxylic acids is 3. The zero-order chi connectivity index (χ0) is 63.3. The van der Waals surface area contributed by atoms with Gasteiger partial charge < -0.3 is 33.3 Å². The summed E-state index contributed by atoms with van der Waals surface area (Å²) in [5.41, 5.74) is 0. The molecule has 0 aliphatic carbocycles. The van der Waals surface area contributed by atoms with Crippen LogP contribution >= 0.6 is 0 Å². The van der Waals surface area contributed by atoms with Gasteiger partial charge in [-0.3, -0.25) is 9.59 Å². The number of likely N-dealkylation sites (N-methyl/N-ethyl adjacent to an activating group) is 1. The number of unbranched alkanes of at least 4 members (excludes halogenated alkanes) is 21. The Balaban J connectivity index is 4.19. The predicted octanol–water partition coefficient (Wildman–Crippen LogP) is 20.4. The van der Waals surface area contributed by atoms with E-state index in [1.807, 2.05) is 21.1 Å². The van der Waals surface area contributed by atoms with E-state index in [1.165, 1.54) is 83.5 Å². The van der Waals surface area contributed by atoms with Gasteiger partial charge in [0.05, 0.1) is 40.3 Å². The average Bonchev–Trinajstić information content (AvgIpc) is 3.56. The van der Waals surface area contributed by atoms with Gasteiger partial charge in [-0.05, 0) is 122 Å². The lowest BCUT2D eigenvalue weighted by Gasteiger charge is -2.26. The highest BCUT2D eigenvalue weighted by Crippen LogP contribution is 2.16. The fraction of sp³-hybridized carbons (Fsp3) is 0.628. The number of esters is 2. The normalized spacial score (nSPS) is 13.7. The van der Waals surface area contributed by atoms with E-state index >= 15 is 0 Å². The van der Waals surface area contributed by atoms with Gasteiger partial charge in [0.25, 0.3) is 0 Å². The standard InChI is InChI=1S/C78H127NO8/c1-6-8-10-12-14-16-18-20-22-24-26-28-30-32-34-35-36-37-38-39-40-41-43-45-47-49-51-53-55-57-59-61-63-65-67-69-76(81)87-74(73-86-78(77(82)83)84-71-70-79(3,4)5)72-85-75(80)68-66-64-62-60-58-56-54-52-50-48-46-44-42-33-31-29-27-25-23-21-19-17-15-13-11-9-7-2/h8-11,14-17,20-23,26-29,32-34,36-37,39-40,42-43,45,74,78H,6-7,12-13,18-19,24-25,30-31,35,38,41,44,46-73H2,1-5H3/b10-8-,11-9-,16-14-,17-15-,22-20-,23-21-,28-26-,29-27-,34-32-,37-36-,40-39-,42-33-,45-43-. The molecule has 0 amide bonds. The van der Waals surface area contributed by atoms with Crippen LogP contribution in [0, 0.1) is 0 Å². The van der Waals surface area contributed by atoms with Crippen LogP contribution < -0.4 is 5.11 Å². The van der Waals surface area contributed by atoms with Crippen molar-refractivity contribution in [1.29, 1.82) is 0 Å². The zero-order valence-electron chi connectivity index (χ0n) is 56.1. The van der Waals surface area contributed by atoms with Crippen molar-refractivity contribution < 1.29 is 42.9 Å². The third-order valence-electron chi connectivity index (χ3n) is 14.3. The smallest absolute Gasteiger partial charge is 0.306 e. The molecule has 0 saturated carbocycles. The molecule has 0 aromatic carbocycles. The van der Waals surface area contributed by atoms with Crippen molar-refractivity contribution in [1.82, 2.24) is 0 Å². The predicted molar refractivity (Wildman–Crippen MR) is 370 cm³/mol. The van der Waals surface area contributed by atoms with Crippen LogP contribution in [0.2, 0.25) is 0 Å². The molecule has 0 bridgehead atoms. The second-order valence-electron chi connectivity index (χ2n) is 23.7. The van der Waals surface area contributed by atoms with Gasteiger partial charge in [0.2, 0.25) is 0 Å². The molecule has 0 aromatic heterocycles. The molecule has 0 rings (SSSR count). The van der Waals surface area contributed by atoms with Crippen LogP contribution in [-0.4, -0.2) is 82.3 Å². The van der Waals surface area contributed by atoms with Crippen LogP contribution in [0.15, 0.2) is 158 Å². The fourth-order valence-electron chi connectivity index (χ4n) is 9.05. The number of nitrogens with zero attached hydrogens (tertiary/aromatic N) is 1. The monoisotopic (exact) mass is 1210 g/mol. The Hall–Kier alpha value is -5.09. The minimum absolute atomic E-state index is 0.139. The Morgan fingerprint density at radius 2 is 0.621 bits per heavy atom. The van der Waals surface area contributed by atoms with E-state index in [0.717, 1.165) is 141 Å². The minimum Gasteiger partial charge on any atom is -0.545 e. The molecule has 492 valence electrons. The van der Waals surface area contributed by atoms with Crippen LogP contribution in [0.4, 0.5) is 0 Å². The van der Waals surface area contributed by atoms with Crippen LogP contribution in [-0.2, 0) is 33.3 Å². The second kappa shape index (κ2) is 66.9. The Morgan fingerprint density at radius 3 is 0.920 bits per heavy atom. The van der Waals surface area contributed by atoms with Crippen molar-refractivity contribution in [3.63, 3.8) is 0 Å². The molecular formula is C78H127NO8. The minimum atomic E-state index is -1.63. The molecule has 0 radical (unpaired) electrons. The number of rotatable bonds is 62. The van der Waals surface area contributed by atoms with Gasteiger partial charge in [-0.25, -0.2) is 0 Å². The number of carboxylic acid groups (broad SMARTS) is 1. The molecule has 9 heteroatoms. The third kappa shape index (κ3) is 68.3. The summed E-state index contributed by atoms with van der Waals surface area (Å²) in [5.74, 6) is -2.30. The van der Waals surface area contributed by atoms with Gasteiger partial charge in [-0.15, -0.1) is 0 Å². The number of quaternary nitrogens is 1. The molecule has 2 unspecified atom stereocenters. The van der Waals surface area contributed by atoms with Gasteiger partial charge in [-0.2, -0.15) is 0 Å². The molecule has 0 heterocycles. The fourth-order valence-corrected chi connectivity index (χ4v) is 9.05. The van der Waals surface area contributed by atoms with Gasteiger partial charge in [0.15, 0.2) is 12.4 Å². The SMILES string of the molecule is CC/C=C\C/C=C\C/C=C\C/C=C\C/C=C\C/C=C\C/C=C\C/C=C\CCCCCCCCCCCCC(=O)OC(COC(=O)CCCCCCCCCCCCC/C=C\C/C=C\C/C=C\C/C=C\C/C=C\CC)COC(OCC[N+](C)(C)C)C(=O)[O-]. The van der Waals surface area contributed by atoms with Crippen molar-refractivity contribution in [3.05, 3.63) is 158 Å². The maximum absolute atomic E-state index is 12.9. The molecule has 0 aliphatic rings. The lowest BCUT2D eigenvalue weighted by molar-refractivity contribution is -0.870. The van der Waals surface area contributed by atoms with E-state index in [-0.39, 0.29) is 38.6 Å². The first-order valence-electron chi connectivity index (χ1n) is 34.6. The van der Waals surface area contributed by atoms with Gasteiger partial charge >= 0.3 is 11.9 Å². The average molecular weight is 1210 g/mol. The Bertz CT molecular complexity index is 1990. The first-order chi connectivity index (χ1) is 42.6. The molecular weight excluding hydrogens is 1080 g/mol. The van der Waals surface area contributed by atoms with E-state index in [9.17, 15) is 19.5 Å². The van der Waals surface area contributed by atoms with E-state index in [4.69, 9.17) is 18.9 Å². The highest BCUT2D eigenvalue weighted by Gasteiger charge is 2.22. The van der Waals surface area contributed by atoms with Gasteiger partial charge in [-0.1, -0.05) is 281 Å². The van der Waals surface area contributed by atoms with Gasteiger partial charge in [0, 0.05) is 12.8 Å². The van der Waals surface area contributed by atoms with Crippen molar-refractivity contribution in [2.75, 3.05) is 47.5 Å². The van der Waals surface area contributed by atoms with Gasteiger partial charge in [0.1, 0.15) is 13.2 Å². The summed E-state index contributed by atoms with van der Waals surface area (Å²) in [7, 11) is 5.92. The number of hydrogen-bond acceptors (Lipinski definition) is 8. The summed E-state index contributed by atoms with van der Waals surface area (Å²) in [4.78, 5) is 37.5. The molecule has 0 aromatic rings. The van der Waals surface area contributed by atoms with Crippen LogP contribution in [0.1, 0.15) is 258 Å². The lowest BCUT2D eigenvalue weighted by Crippen LogP contribution is -2.44. The van der Waals surface area contributed by atoms with Crippen LogP contribution in [0.25, 0.3) is 0 Å². The van der Waals surface area contributed by atoms with Crippen molar-refractivity contribution in [2.24, 2.45) is 0 Å². The molecule has 0 spiro atoms. The number of hydrogen-bond donors (Lipinski definition) is 0. The van der Waals surface area contributed by atoms with Crippen molar-refractivity contribution in [2.45, 2.75) is 270 Å². The van der Waals surface area contributed by atoms with E-state index in [1.54, 1.807) is 0 Å². The van der Waals surface area contributed by atoms with E-state index in [2.05, 4.69) is 172 Å². The maximum Gasteiger partial charge on any atom is 0.306 e. The summed E-state index contributed by atoms with van der Waals surface area (Å²) in [6.45, 7) is 4.51. The first-order valence-corrected chi connectivity index (χ1v) is 34.6. The maximum atomic E-state index is 12.9. The number of ether oxygens (including phenoxy) is 4. The van der Waals surface area contributed by atoms with E-state index < -0.39 is 24.3 Å². The molecule has 0 fully saturated rings. The van der Waals surface area contributed by atoms with Crippen molar-refractivity contribution >= 4 is 17.9 Å². The summed E-state index contributed by atoms with van der Waals surface area (Å²) in [6.07, 6.45) is 95.9. The molecule has 9 nitrogen and oxygen atoms in total. The zero-order valence-corrected chi connectivity index (χ0v) is 56.1. The summed E-state index contributed by atoms with van der Waals surface area (Å²) < 4.78 is 22.8. The molecule has 0 aliphatic heterocycles. The van der Waals surface area contributed by atoms with Crippen molar-refractivity contribution in [3.8, 4) is 0 Å². The molecule has 87 heavy (non-hydrogen) atoms. The quantitative estimate of drug-likeness (QED) is 0.0195.